The van der Waals surface area contributed by atoms with E-state index in [1.54, 1.807) is 17.3 Å². The molecule has 1 fully saturated rings. The zero-order valence-electron chi connectivity index (χ0n) is 15.7. The first-order valence-corrected chi connectivity index (χ1v) is 9.83. The zero-order valence-corrected chi connectivity index (χ0v) is 16.4. The van der Waals surface area contributed by atoms with E-state index in [2.05, 4.69) is 41.5 Å². The number of nitrogens with zero attached hydrogens (tertiary/aromatic N) is 2. The number of nitrogens with one attached hydrogen (secondary N) is 1. The van der Waals surface area contributed by atoms with E-state index in [4.69, 9.17) is 11.6 Å². The van der Waals surface area contributed by atoms with Crippen molar-refractivity contribution in [2.24, 2.45) is 0 Å². The van der Waals surface area contributed by atoms with Gasteiger partial charge in [0.05, 0.1) is 16.8 Å². The third-order valence-electron chi connectivity index (χ3n) is 5.22. The molecule has 1 aromatic heterocycles. The summed E-state index contributed by atoms with van der Waals surface area (Å²) >= 11 is 6.27. The quantitative estimate of drug-likeness (QED) is 0.675. The number of carbonyl (C=O) groups excluding carboxylic acids is 1. The average Bonchev–Trinajstić information content (AvgIpc) is 3.09. The minimum atomic E-state index is -0.203. The molecule has 1 aliphatic rings. The van der Waals surface area contributed by atoms with Gasteiger partial charge in [-0.3, -0.25) is 15.1 Å². The summed E-state index contributed by atoms with van der Waals surface area (Å²) in [7, 11) is 0. The van der Waals surface area contributed by atoms with Gasteiger partial charge in [0.2, 0.25) is 5.91 Å². The van der Waals surface area contributed by atoms with E-state index in [-0.39, 0.29) is 18.0 Å². The Balaban J connectivity index is 1.43. The summed E-state index contributed by atoms with van der Waals surface area (Å²) < 4.78 is 0. The largest absolute Gasteiger partial charge is 0.310 e. The fourth-order valence-electron chi connectivity index (χ4n) is 3.65. The molecule has 0 saturated carbocycles. The van der Waals surface area contributed by atoms with E-state index >= 15 is 0 Å². The third-order valence-corrected chi connectivity index (χ3v) is 5.54. The van der Waals surface area contributed by atoms with Crippen molar-refractivity contribution >= 4 is 23.2 Å². The first kappa shape index (κ1) is 18.7. The molecule has 2 heterocycles. The first-order valence-electron chi connectivity index (χ1n) is 9.46. The van der Waals surface area contributed by atoms with E-state index in [1.807, 2.05) is 36.4 Å². The highest BCUT2D eigenvalue weighted by molar-refractivity contribution is 6.33. The van der Waals surface area contributed by atoms with Gasteiger partial charge >= 0.3 is 0 Å². The number of pyridine rings is 1. The smallest absolute Gasteiger partial charge is 0.244 e. The van der Waals surface area contributed by atoms with Crippen molar-refractivity contribution in [1.82, 2.24) is 10.3 Å². The number of hydrogen-bond donors (Lipinski definition) is 1. The molecule has 5 heteroatoms. The second kappa shape index (κ2) is 8.13. The van der Waals surface area contributed by atoms with Crippen molar-refractivity contribution in [2.45, 2.75) is 25.4 Å². The fourth-order valence-corrected chi connectivity index (χ4v) is 3.89. The van der Waals surface area contributed by atoms with Crippen molar-refractivity contribution < 1.29 is 4.79 Å². The Kier molecular flexibility index (Phi) is 5.42. The van der Waals surface area contributed by atoms with Gasteiger partial charge < -0.3 is 4.90 Å². The van der Waals surface area contributed by atoms with Crippen LogP contribution in [-0.2, 0) is 4.79 Å². The summed E-state index contributed by atoms with van der Waals surface area (Å²) in [6, 6.07) is 19.8. The van der Waals surface area contributed by atoms with Crippen LogP contribution >= 0.6 is 11.6 Å². The van der Waals surface area contributed by atoms with Crippen LogP contribution in [0.3, 0.4) is 0 Å². The van der Waals surface area contributed by atoms with Gasteiger partial charge in [-0.15, -0.1) is 0 Å². The zero-order chi connectivity index (χ0) is 19.5. The molecule has 1 aliphatic heterocycles. The second-order valence-electron chi connectivity index (χ2n) is 7.03. The Labute approximate surface area is 170 Å². The summed E-state index contributed by atoms with van der Waals surface area (Å²) in [5, 5.41) is 4.09. The monoisotopic (exact) mass is 391 g/mol. The van der Waals surface area contributed by atoms with Gasteiger partial charge in [-0.25, -0.2) is 0 Å². The molecule has 0 aliphatic carbocycles. The van der Waals surface area contributed by atoms with Crippen LogP contribution in [-0.4, -0.2) is 23.5 Å². The van der Waals surface area contributed by atoms with Crippen LogP contribution in [0, 0.1) is 0 Å². The molecule has 4 nitrogen and oxygen atoms in total. The van der Waals surface area contributed by atoms with Gasteiger partial charge in [0, 0.05) is 25.0 Å². The molecule has 1 N–H and O–H groups in total. The summed E-state index contributed by atoms with van der Waals surface area (Å²) in [6.45, 7) is 2.76. The number of carbonyl (C=O) groups is 1. The van der Waals surface area contributed by atoms with Gasteiger partial charge in [0.25, 0.3) is 0 Å². The van der Waals surface area contributed by atoms with E-state index in [9.17, 15) is 4.79 Å². The summed E-state index contributed by atoms with van der Waals surface area (Å²) in [4.78, 5) is 18.7. The number of aromatic nitrogens is 1. The predicted octanol–water partition coefficient (Wildman–Crippen LogP) is 4.86. The molecular weight excluding hydrogens is 370 g/mol. The van der Waals surface area contributed by atoms with Gasteiger partial charge in [-0.2, -0.15) is 0 Å². The Morgan fingerprint density at radius 3 is 2.43 bits per heavy atom. The maximum Gasteiger partial charge on any atom is 0.244 e. The lowest BCUT2D eigenvalue weighted by molar-refractivity contribution is -0.119. The van der Waals surface area contributed by atoms with Gasteiger partial charge in [0.15, 0.2) is 0 Å². The lowest BCUT2D eigenvalue weighted by Gasteiger charge is -2.21. The highest BCUT2D eigenvalue weighted by atomic mass is 35.5. The molecule has 2 aromatic carbocycles. The standard InChI is InChI=1S/C23H22ClN3O/c1-16(17-6-8-18(9-7-17)19-10-13-25-14-11-19)26-21-12-15-27(23(21)28)22-5-3-2-4-20(22)24/h2-11,13-14,16,21,26H,12,15H2,1H3. The van der Waals surface area contributed by atoms with E-state index in [1.165, 1.54) is 0 Å². The minimum Gasteiger partial charge on any atom is -0.310 e. The van der Waals surface area contributed by atoms with Gasteiger partial charge in [-0.05, 0) is 54.3 Å². The number of benzene rings is 2. The Bertz CT molecular complexity index is 959. The normalized spacial score (nSPS) is 17.7. The van der Waals surface area contributed by atoms with Crippen molar-refractivity contribution in [3.8, 4) is 11.1 Å². The highest BCUT2D eigenvalue weighted by Gasteiger charge is 2.34. The number of halogens is 1. The van der Waals surface area contributed by atoms with Crippen LogP contribution in [0.15, 0.2) is 73.1 Å². The maximum absolute atomic E-state index is 12.9. The fraction of sp³-hybridized carbons (Fsp3) is 0.217. The third kappa shape index (κ3) is 3.79. The Morgan fingerprint density at radius 1 is 1.04 bits per heavy atom. The predicted molar refractivity (Wildman–Crippen MR) is 113 cm³/mol. The number of hydrogen-bond acceptors (Lipinski definition) is 3. The molecular formula is C23H22ClN3O. The molecule has 2 unspecified atom stereocenters. The first-order chi connectivity index (χ1) is 13.6. The SMILES string of the molecule is CC(NC1CCN(c2ccccc2Cl)C1=O)c1ccc(-c2ccncc2)cc1. The molecule has 142 valence electrons. The number of amides is 1. The molecule has 1 saturated heterocycles. The lowest BCUT2D eigenvalue weighted by Crippen LogP contribution is -2.39. The van der Waals surface area contributed by atoms with Gasteiger partial charge in [0.1, 0.15) is 0 Å². The summed E-state index contributed by atoms with van der Waals surface area (Å²) in [6.07, 6.45) is 4.36. The van der Waals surface area contributed by atoms with Crippen LogP contribution in [0.5, 0.6) is 0 Å². The lowest BCUT2D eigenvalue weighted by atomic mass is 10.0. The molecule has 0 bridgehead atoms. The van der Waals surface area contributed by atoms with Crippen molar-refractivity contribution in [1.29, 1.82) is 0 Å². The van der Waals surface area contributed by atoms with Gasteiger partial charge in [-0.1, -0.05) is 48.0 Å². The highest BCUT2D eigenvalue weighted by Crippen LogP contribution is 2.30. The van der Waals surface area contributed by atoms with Crippen molar-refractivity contribution in [2.75, 3.05) is 11.4 Å². The molecule has 3 aromatic rings. The summed E-state index contributed by atoms with van der Waals surface area (Å²) in [5.74, 6) is 0.0772. The number of para-hydroxylation sites is 1. The van der Waals surface area contributed by atoms with Crippen LogP contribution in [0.1, 0.15) is 24.9 Å². The molecule has 28 heavy (non-hydrogen) atoms. The maximum atomic E-state index is 12.9. The molecule has 0 radical (unpaired) electrons. The minimum absolute atomic E-state index is 0.0756. The Morgan fingerprint density at radius 2 is 1.71 bits per heavy atom. The topological polar surface area (TPSA) is 45.2 Å². The van der Waals surface area contributed by atoms with Crippen molar-refractivity contribution in [3.05, 3.63) is 83.6 Å². The van der Waals surface area contributed by atoms with Crippen LogP contribution in [0.2, 0.25) is 5.02 Å². The van der Waals surface area contributed by atoms with Crippen LogP contribution < -0.4 is 10.2 Å². The molecule has 4 rings (SSSR count). The van der Waals surface area contributed by atoms with Crippen molar-refractivity contribution in [3.63, 3.8) is 0 Å². The number of rotatable bonds is 5. The molecule has 2 atom stereocenters. The molecule has 1 amide bonds. The number of anilines is 1. The second-order valence-corrected chi connectivity index (χ2v) is 7.44. The van der Waals surface area contributed by atoms with E-state index in [0.29, 0.717) is 11.6 Å². The van der Waals surface area contributed by atoms with E-state index in [0.717, 1.165) is 28.8 Å². The van der Waals surface area contributed by atoms with Crippen LogP contribution in [0.25, 0.3) is 11.1 Å². The molecule has 0 spiro atoms. The Hall–Kier alpha value is -2.69. The average molecular weight is 392 g/mol. The van der Waals surface area contributed by atoms with Crippen LogP contribution in [0.4, 0.5) is 5.69 Å². The van der Waals surface area contributed by atoms with E-state index < -0.39 is 0 Å². The summed E-state index contributed by atoms with van der Waals surface area (Å²) in [5.41, 5.74) is 4.23.